The maximum Gasteiger partial charge on any atom is 0.263 e. The van der Waals surface area contributed by atoms with Gasteiger partial charge < -0.3 is 15.8 Å². The molecule has 0 atom stereocenters. The van der Waals surface area contributed by atoms with Crippen LogP contribution >= 0.6 is 23.8 Å². The van der Waals surface area contributed by atoms with Crippen molar-refractivity contribution in [3.63, 3.8) is 0 Å². The van der Waals surface area contributed by atoms with E-state index >= 15 is 0 Å². The third-order valence-electron chi connectivity index (χ3n) is 2.63. The summed E-state index contributed by atoms with van der Waals surface area (Å²) in [4.78, 5) is 12.1. The highest BCUT2D eigenvalue weighted by molar-refractivity contribution is 7.80. The van der Waals surface area contributed by atoms with E-state index in [1.807, 2.05) is 0 Å². The quantitative estimate of drug-likeness (QED) is 0.818. The lowest BCUT2D eigenvalue weighted by atomic mass is 10.3. The minimum absolute atomic E-state index is 0.161. The van der Waals surface area contributed by atoms with Crippen LogP contribution < -0.4 is 15.8 Å². The molecule has 0 aliphatic rings. The summed E-state index contributed by atoms with van der Waals surface area (Å²) in [6.45, 7) is -0.164. The van der Waals surface area contributed by atoms with Crippen molar-refractivity contribution in [1.29, 1.82) is 0 Å². The van der Waals surface area contributed by atoms with Crippen molar-refractivity contribution < 1.29 is 9.53 Å². The van der Waals surface area contributed by atoms with Gasteiger partial charge in [0.2, 0.25) is 0 Å². The Kier molecular flexibility index (Phi) is 4.77. The Morgan fingerprint density at radius 3 is 3.00 bits per heavy atom. The number of anilines is 1. The Morgan fingerprint density at radius 2 is 2.33 bits per heavy atom. The molecule has 2 rings (SSSR count). The molecule has 6 nitrogen and oxygen atoms in total. The molecule has 0 bridgehead atoms. The van der Waals surface area contributed by atoms with Crippen LogP contribution in [0.1, 0.15) is 5.56 Å². The first-order valence-corrected chi connectivity index (χ1v) is 6.76. The van der Waals surface area contributed by atoms with Gasteiger partial charge in [0.05, 0.1) is 11.8 Å². The van der Waals surface area contributed by atoms with Crippen molar-refractivity contribution in [3.8, 4) is 5.75 Å². The van der Waals surface area contributed by atoms with Gasteiger partial charge in [-0.05, 0) is 18.2 Å². The van der Waals surface area contributed by atoms with Gasteiger partial charge >= 0.3 is 0 Å². The van der Waals surface area contributed by atoms with Crippen LogP contribution in [0.4, 0.5) is 5.82 Å². The van der Waals surface area contributed by atoms with Crippen LogP contribution in [0, 0.1) is 0 Å². The molecule has 1 aromatic carbocycles. The maximum atomic E-state index is 11.9. The molecule has 8 heteroatoms. The van der Waals surface area contributed by atoms with Crippen LogP contribution in [0.2, 0.25) is 5.02 Å². The monoisotopic (exact) mass is 324 g/mol. The first-order valence-electron chi connectivity index (χ1n) is 5.97. The minimum atomic E-state index is -0.351. The second kappa shape index (κ2) is 6.55. The normalized spacial score (nSPS) is 10.2. The topological polar surface area (TPSA) is 82.2 Å². The molecular formula is C13H13ClN4O2S. The number of nitrogens with two attached hydrogens (primary N) is 1. The molecule has 0 saturated carbocycles. The standard InChI is InChI=1S/C13H13ClN4O2S/c1-18-13(10(6-16-18)12(15)21)17-11(19)7-20-9-4-2-3-8(14)5-9/h2-6H,7H2,1H3,(H2,15,21)(H,17,19). The van der Waals surface area contributed by atoms with Crippen molar-refractivity contribution in [1.82, 2.24) is 9.78 Å². The van der Waals surface area contributed by atoms with E-state index in [4.69, 9.17) is 34.3 Å². The van der Waals surface area contributed by atoms with E-state index in [0.29, 0.717) is 22.2 Å². The van der Waals surface area contributed by atoms with Gasteiger partial charge in [-0.25, -0.2) is 0 Å². The van der Waals surface area contributed by atoms with E-state index in [-0.39, 0.29) is 17.5 Å². The summed E-state index contributed by atoms with van der Waals surface area (Å²) in [6, 6.07) is 6.79. The predicted molar refractivity (Wildman–Crippen MR) is 84.7 cm³/mol. The number of carbonyl (C=O) groups excluding carboxylic acids is 1. The first-order chi connectivity index (χ1) is 9.97. The zero-order chi connectivity index (χ0) is 15.4. The average Bonchev–Trinajstić information content (AvgIpc) is 2.78. The molecule has 3 N–H and O–H groups in total. The summed E-state index contributed by atoms with van der Waals surface area (Å²) in [6.07, 6.45) is 1.50. The molecule has 2 aromatic rings. The molecule has 0 fully saturated rings. The Hall–Kier alpha value is -2.12. The molecule has 21 heavy (non-hydrogen) atoms. The number of carbonyl (C=O) groups is 1. The van der Waals surface area contributed by atoms with E-state index in [9.17, 15) is 4.79 Å². The fourth-order valence-corrected chi connectivity index (χ4v) is 1.97. The zero-order valence-corrected chi connectivity index (χ0v) is 12.7. The van der Waals surface area contributed by atoms with Crippen LogP contribution in [0.25, 0.3) is 0 Å². The summed E-state index contributed by atoms with van der Waals surface area (Å²) >= 11 is 10.7. The van der Waals surface area contributed by atoms with Crippen LogP contribution in [0.3, 0.4) is 0 Å². The number of amides is 1. The van der Waals surface area contributed by atoms with Crippen LogP contribution in [0.15, 0.2) is 30.5 Å². The number of rotatable bonds is 5. The van der Waals surface area contributed by atoms with Gasteiger partial charge in [0, 0.05) is 12.1 Å². The van der Waals surface area contributed by atoms with Crippen molar-refractivity contribution in [3.05, 3.63) is 41.0 Å². The van der Waals surface area contributed by atoms with Crippen molar-refractivity contribution in [2.24, 2.45) is 12.8 Å². The highest BCUT2D eigenvalue weighted by Gasteiger charge is 2.14. The lowest BCUT2D eigenvalue weighted by Crippen LogP contribution is -2.23. The predicted octanol–water partition coefficient (Wildman–Crippen LogP) is 1.73. The molecule has 0 aliphatic heterocycles. The maximum absolute atomic E-state index is 11.9. The molecule has 0 spiro atoms. The number of nitrogens with zero attached hydrogens (tertiary/aromatic N) is 2. The zero-order valence-electron chi connectivity index (χ0n) is 11.2. The number of thiocarbonyl (C=S) groups is 1. The van der Waals surface area contributed by atoms with Gasteiger partial charge in [-0.15, -0.1) is 0 Å². The molecule has 1 aromatic heterocycles. The number of benzene rings is 1. The van der Waals surface area contributed by atoms with Crippen LogP contribution in [0.5, 0.6) is 5.75 Å². The Bertz CT molecular complexity index is 687. The smallest absolute Gasteiger partial charge is 0.263 e. The van der Waals surface area contributed by atoms with Gasteiger partial charge in [0.1, 0.15) is 16.6 Å². The highest BCUT2D eigenvalue weighted by Crippen LogP contribution is 2.17. The Morgan fingerprint density at radius 1 is 1.57 bits per heavy atom. The van der Waals surface area contributed by atoms with E-state index < -0.39 is 0 Å². The average molecular weight is 325 g/mol. The van der Waals surface area contributed by atoms with E-state index in [1.54, 1.807) is 31.3 Å². The minimum Gasteiger partial charge on any atom is -0.484 e. The number of ether oxygens (including phenoxy) is 1. The second-order valence-corrected chi connectivity index (χ2v) is 5.07. The van der Waals surface area contributed by atoms with E-state index in [1.165, 1.54) is 10.9 Å². The summed E-state index contributed by atoms with van der Waals surface area (Å²) in [7, 11) is 1.68. The molecule has 0 unspecified atom stereocenters. The van der Waals surface area contributed by atoms with Gasteiger partial charge in [0.25, 0.3) is 5.91 Å². The number of aromatic nitrogens is 2. The molecular weight excluding hydrogens is 312 g/mol. The van der Waals surface area contributed by atoms with E-state index in [2.05, 4.69) is 10.4 Å². The van der Waals surface area contributed by atoms with Gasteiger partial charge in [-0.1, -0.05) is 29.9 Å². The summed E-state index contributed by atoms with van der Waals surface area (Å²) < 4.78 is 6.83. The van der Waals surface area contributed by atoms with Gasteiger partial charge in [0.15, 0.2) is 6.61 Å². The summed E-state index contributed by atoms with van der Waals surface area (Å²) in [5.41, 5.74) is 6.07. The molecule has 0 aliphatic carbocycles. The second-order valence-electron chi connectivity index (χ2n) is 4.19. The fourth-order valence-electron chi connectivity index (χ4n) is 1.64. The molecule has 0 saturated heterocycles. The number of hydrogen-bond donors (Lipinski definition) is 2. The van der Waals surface area contributed by atoms with Crippen LogP contribution in [-0.4, -0.2) is 27.3 Å². The van der Waals surface area contributed by atoms with Crippen LogP contribution in [-0.2, 0) is 11.8 Å². The third-order valence-corrected chi connectivity index (χ3v) is 3.08. The highest BCUT2D eigenvalue weighted by atomic mass is 35.5. The number of halogens is 1. The van der Waals surface area contributed by atoms with Gasteiger partial charge in [-0.3, -0.25) is 9.48 Å². The summed E-state index contributed by atoms with van der Waals surface area (Å²) in [5, 5.41) is 7.20. The molecule has 110 valence electrons. The lowest BCUT2D eigenvalue weighted by molar-refractivity contribution is -0.118. The van der Waals surface area contributed by atoms with E-state index in [0.717, 1.165) is 0 Å². The number of nitrogens with one attached hydrogen (secondary N) is 1. The Balaban J connectivity index is 1.99. The van der Waals surface area contributed by atoms with Crippen molar-refractivity contribution >= 4 is 40.5 Å². The first kappa shape index (κ1) is 15.3. The Labute approximate surface area is 131 Å². The lowest BCUT2D eigenvalue weighted by Gasteiger charge is -2.09. The SMILES string of the molecule is Cn1ncc(C(N)=S)c1NC(=O)COc1cccc(Cl)c1. The third kappa shape index (κ3) is 3.93. The van der Waals surface area contributed by atoms with Crippen molar-refractivity contribution in [2.75, 3.05) is 11.9 Å². The number of hydrogen-bond acceptors (Lipinski definition) is 4. The summed E-state index contributed by atoms with van der Waals surface area (Å²) in [5.74, 6) is 0.593. The largest absolute Gasteiger partial charge is 0.484 e. The molecule has 0 radical (unpaired) electrons. The fraction of sp³-hybridized carbons (Fsp3) is 0.154. The molecule has 1 heterocycles. The number of aryl methyl sites for hydroxylation is 1. The van der Waals surface area contributed by atoms with Gasteiger partial charge in [-0.2, -0.15) is 5.10 Å². The molecule has 1 amide bonds. The van der Waals surface area contributed by atoms with Crippen molar-refractivity contribution in [2.45, 2.75) is 0 Å².